The smallest absolute Gasteiger partial charge is 0.434 e. The van der Waals surface area contributed by atoms with Crippen molar-refractivity contribution in [2.24, 2.45) is 5.92 Å². The molecule has 2 aliphatic rings. The maximum atomic E-state index is 12.4. The van der Waals surface area contributed by atoms with E-state index in [2.05, 4.69) is 9.97 Å². The third-order valence-electron chi connectivity index (χ3n) is 3.79. The molecular weight excluding hydrogens is 275 g/mol. The molecule has 1 amide bonds. The summed E-state index contributed by atoms with van der Waals surface area (Å²) < 4.78 is 42.6. The highest BCUT2D eigenvalue weighted by molar-refractivity contribution is 5.49. The lowest BCUT2D eigenvalue weighted by atomic mass is 10.1. The molecule has 0 spiro atoms. The van der Waals surface area contributed by atoms with Crippen molar-refractivity contribution >= 4 is 6.41 Å². The van der Waals surface area contributed by atoms with E-state index in [1.165, 1.54) is 0 Å². The first-order chi connectivity index (χ1) is 9.47. The molecule has 108 valence electrons. The average Bonchev–Trinajstić information content (AvgIpc) is 2.97. The van der Waals surface area contributed by atoms with Crippen LogP contribution in [0.1, 0.15) is 18.5 Å². The van der Waals surface area contributed by atoms with Crippen LogP contribution in [0.5, 0.6) is 5.88 Å². The molecule has 0 radical (unpaired) electrons. The maximum absolute atomic E-state index is 12.4. The van der Waals surface area contributed by atoms with Crippen LogP contribution in [0.25, 0.3) is 0 Å². The second kappa shape index (κ2) is 4.60. The minimum atomic E-state index is -4.51. The number of ether oxygens (including phenoxy) is 1. The van der Waals surface area contributed by atoms with Gasteiger partial charge in [0.05, 0.1) is 18.4 Å². The fourth-order valence-electron chi connectivity index (χ4n) is 2.93. The summed E-state index contributed by atoms with van der Waals surface area (Å²) in [6.45, 7) is 0.729. The van der Waals surface area contributed by atoms with Crippen LogP contribution >= 0.6 is 0 Å². The molecule has 3 unspecified atom stereocenters. The van der Waals surface area contributed by atoms with Crippen LogP contribution in [0.2, 0.25) is 0 Å². The van der Waals surface area contributed by atoms with E-state index < -0.39 is 11.9 Å². The first kappa shape index (κ1) is 13.1. The topological polar surface area (TPSA) is 55.3 Å². The summed E-state index contributed by atoms with van der Waals surface area (Å²) in [5.41, 5.74) is -1.05. The summed E-state index contributed by atoms with van der Waals surface area (Å²) in [6, 6.07) is -0.0124. The van der Waals surface area contributed by atoms with Gasteiger partial charge in [0, 0.05) is 6.54 Å². The summed E-state index contributed by atoms with van der Waals surface area (Å²) in [4.78, 5) is 19.5. The Labute approximate surface area is 112 Å². The summed E-state index contributed by atoms with van der Waals surface area (Å²) in [6.07, 6.45) is -0.648. The molecule has 5 nitrogen and oxygen atoms in total. The Balaban J connectivity index is 1.68. The molecule has 1 saturated carbocycles. The van der Waals surface area contributed by atoms with Crippen LogP contribution in [-0.4, -0.2) is 40.0 Å². The second-order valence-corrected chi connectivity index (χ2v) is 5.10. The van der Waals surface area contributed by atoms with Gasteiger partial charge in [0.25, 0.3) is 0 Å². The molecule has 1 aliphatic carbocycles. The summed E-state index contributed by atoms with van der Waals surface area (Å²) in [7, 11) is 0. The van der Waals surface area contributed by atoms with Gasteiger partial charge in [0.2, 0.25) is 12.3 Å². The lowest BCUT2D eigenvalue weighted by Crippen LogP contribution is -2.43. The van der Waals surface area contributed by atoms with E-state index in [1.807, 2.05) is 0 Å². The largest absolute Gasteiger partial charge is 0.471 e. The van der Waals surface area contributed by atoms with E-state index in [4.69, 9.17) is 4.74 Å². The molecule has 0 aromatic carbocycles. The van der Waals surface area contributed by atoms with Gasteiger partial charge in [0.15, 0.2) is 5.69 Å². The van der Waals surface area contributed by atoms with Gasteiger partial charge in [-0.25, -0.2) is 9.97 Å². The van der Waals surface area contributed by atoms with Crippen molar-refractivity contribution < 1.29 is 22.7 Å². The van der Waals surface area contributed by atoms with E-state index in [0.29, 0.717) is 12.1 Å². The first-order valence-electron chi connectivity index (χ1n) is 6.24. The van der Waals surface area contributed by atoms with Gasteiger partial charge in [-0.1, -0.05) is 0 Å². The predicted molar refractivity (Wildman–Crippen MR) is 60.7 cm³/mol. The molecule has 3 rings (SSSR count). The molecule has 0 N–H and O–H groups in total. The van der Waals surface area contributed by atoms with Gasteiger partial charge in [-0.3, -0.25) is 4.79 Å². The lowest BCUT2D eigenvalue weighted by molar-refractivity contribution is -0.141. The fraction of sp³-hybridized carbons (Fsp3) is 0.583. The second-order valence-electron chi connectivity index (χ2n) is 5.10. The Kier molecular flexibility index (Phi) is 3.02. The standard InChI is InChI=1S/C12H12F3N3O2/c13-12(14,15)10-3-17-11(4-16-10)20-9-2-7-1-8(9)18(5-7)6-19/h3-4,6-9H,1-2,5H2. The maximum Gasteiger partial charge on any atom is 0.434 e. The van der Waals surface area contributed by atoms with Crippen LogP contribution in [0.4, 0.5) is 13.2 Å². The summed E-state index contributed by atoms with van der Waals surface area (Å²) in [5.74, 6) is 0.457. The van der Waals surface area contributed by atoms with Crippen LogP contribution in [-0.2, 0) is 11.0 Å². The van der Waals surface area contributed by atoms with Gasteiger partial charge in [-0.2, -0.15) is 13.2 Å². The first-order valence-corrected chi connectivity index (χ1v) is 6.24. The molecule has 1 aromatic rings. The van der Waals surface area contributed by atoms with Gasteiger partial charge in [-0.05, 0) is 18.8 Å². The van der Waals surface area contributed by atoms with Gasteiger partial charge >= 0.3 is 6.18 Å². The highest BCUT2D eigenvalue weighted by atomic mass is 19.4. The molecule has 1 saturated heterocycles. The highest BCUT2D eigenvalue weighted by Crippen LogP contribution is 2.38. The van der Waals surface area contributed by atoms with Crippen molar-refractivity contribution in [1.82, 2.24) is 14.9 Å². The van der Waals surface area contributed by atoms with Crippen molar-refractivity contribution in [3.8, 4) is 5.88 Å². The molecule has 3 atom stereocenters. The number of fused-ring (bicyclic) bond motifs is 2. The number of nitrogens with zero attached hydrogens (tertiary/aromatic N) is 3. The number of carbonyl (C=O) groups excluding carboxylic acids is 1. The zero-order chi connectivity index (χ0) is 14.3. The molecule has 8 heteroatoms. The molecule has 2 heterocycles. The Morgan fingerprint density at radius 1 is 1.30 bits per heavy atom. The number of halogens is 3. The zero-order valence-electron chi connectivity index (χ0n) is 10.4. The molecule has 2 fully saturated rings. The highest BCUT2D eigenvalue weighted by Gasteiger charge is 2.46. The molecule has 1 aromatic heterocycles. The normalized spacial score (nSPS) is 28.8. The Morgan fingerprint density at radius 3 is 2.65 bits per heavy atom. The van der Waals surface area contributed by atoms with Crippen LogP contribution in [0.3, 0.4) is 0 Å². The van der Waals surface area contributed by atoms with E-state index in [1.54, 1.807) is 4.90 Å². The number of alkyl halides is 3. The quantitative estimate of drug-likeness (QED) is 0.790. The Bertz CT molecular complexity index is 506. The lowest BCUT2D eigenvalue weighted by Gasteiger charge is -2.30. The SMILES string of the molecule is O=CN1CC2CC(Oc3cnc(C(F)(F)F)cn3)C1C2. The summed E-state index contributed by atoms with van der Waals surface area (Å²) in [5, 5.41) is 0. The number of piperidine rings is 1. The van der Waals surface area contributed by atoms with E-state index in [-0.39, 0.29) is 18.0 Å². The number of hydrogen-bond donors (Lipinski definition) is 0. The van der Waals surface area contributed by atoms with Gasteiger partial charge in [0.1, 0.15) is 6.10 Å². The van der Waals surface area contributed by atoms with E-state index in [0.717, 1.165) is 32.0 Å². The minimum Gasteiger partial charge on any atom is -0.471 e. The molecule has 1 aliphatic heterocycles. The van der Waals surface area contributed by atoms with Crippen molar-refractivity contribution in [3.05, 3.63) is 18.1 Å². The van der Waals surface area contributed by atoms with Gasteiger partial charge < -0.3 is 9.64 Å². The van der Waals surface area contributed by atoms with Crippen LogP contribution < -0.4 is 4.74 Å². The van der Waals surface area contributed by atoms with Gasteiger partial charge in [-0.15, -0.1) is 0 Å². The van der Waals surface area contributed by atoms with Crippen molar-refractivity contribution in [1.29, 1.82) is 0 Å². The summed E-state index contributed by atoms with van der Waals surface area (Å²) >= 11 is 0. The Hall–Kier alpha value is -1.86. The Morgan fingerprint density at radius 2 is 2.10 bits per heavy atom. The third kappa shape index (κ3) is 2.30. The number of hydrogen-bond acceptors (Lipinski definition) is 4. The number of amides is 1. The number of likely N-dealkylation sites (tertiary alicyclic amines) is 1. The number of aromatic nitrogens is 2. The van der Waals surface area contributed by atoms with Crippen molar-refractivity contribution in [2.45, 2.75) is 31.2 Å². The molecule has 2 bridgehead atoms. The van der Waals surface area contributed by atoms with Crippen LogP contribution in [0, 0.1) is 5.92 Å². The monoisotopic (exact) mass is 287 g/mol. The van der Waals surface area contributed by atoms with Crippen molar-refractivity contribution in [2.75, 3.05) is 6.54 Å². The zero-order valence-corrected chi connectivity index (χ0v) is 10.4. The predicted octanol–water partition coefficient (Wildman–Crippen LogP) is 1.49. The van der Waals surface area contributed by atoms with Crippen molar-refractivity contribution in [3.63, 3.8) is 0 Å². The van der Waals surface area contributed by atoms with E-state index in [9.17, 15) is 18.0 Å². The number of rotatable bonds is 3. The average molecular weight is 287 g/mol. The minimum absolute atomic E-state index is 0.0124. The fourth-order valence-corrected chi connectivity index (χ4v) is 2.93. The molecule has 20 heavy (non-hydrogen) atoms. The molecular formula is C12H12F3N3O2. The van der Waals surface area contributed by atoms with E-state index >= 15 is 0 Å². The third-order valence-corrected chi connectivity index (χ3v) is 3.79. The van der Waals surface area contributed by atoms with Crippen LogP contribution in [0.15, 0.2) is 12.4 Å². The number of carbonyl (C=O) groups is 1.